The van der Waals surface area contributed by atoms with E-state index < -0.39 is 0 Å². The zero-order chi connectivity index (χ0) is 22.1. The fourth-order valence-electron chi connectivity index (χ4n) is 3.39. The molecule has 32 heavy (non-hydrogen) atoms. The first-order chi connectivity index (χ1) is 15.1. The molecule has 3 rings (SSSR count). The summed E-state index contributed by atoms with van der Waals surface area (Å²) in [6, 6.07) is 10.5. The third kappa shape index (κ3) is 7.47. The van der Waals surface area contributed by atoms with E-state index in [4.69, 9.17) is 9.73 Å². The molecule has 9 heteroatoms. The normalized spacial score (nSPS) is 12.2. The Bertz CT molecular complexity index is 973. The third-order valence-electron chi connectivity index (χ3n) is 5.07. The van der Waals surface area contributed by atoms with Crippen LogP contribution in [0.4, 0.5) is 0 Å². The van der Waals surface area contributed by atoms with Crippen LogP contribution in [0.25, 0.3) is 0 Å². The molecule has 0 saturated heterocycles. The van der Waals surface area contributed by atoms with Gasteiger partial charge in [-0.1, -0.05) is 30.7 Å². The Hall–Kier alpha value is -2.14. The number of thiophene rings is 1. The predicted octanol–water partition coefficient (Wildman–Crippen LogP) is 4.38. The zero-order valence-corrected chi connectivity index (χ0v) is 22.3. The lowest BCUT2D eigenvalue weighted by Crippen LogP contribution is -2.40. The summed E-state index contributed by atoms with van der Waals surface area (Å²) in [5.74, 6) is 2.66. The van der Waals surface area contributed by atoms with Gasteiger partial charge in [0.05, 0.1) is 13.2 Å². The van der Waals surface area contributed by atoms with Gasteiger partial charge in [-0.25, -0.2) is 0 Å². The zero-order valence-electron chi connectivity index (χ0n) is 19.2. The number of hydrogen-bond acceptors (Lipinski definition) is 5. The Morgan fingerprint density at radius 3 is 2.88 bits per heavy atom. The number of aryl methyl sites for hydroxylation is 2. The van der Waals surface area contributed by atoms with Crippen molar-refractivity contribution in [3.8, 4) is 5.75 Å². The Balaban J connectivity index is 0.00000363. The highest BCUT2D eigenvalue weighted by molar-refractivity contribution is 14.0. The van der Waals surface area contributed by atoms with Crippen LogP contribution >= 0.6 is 35.3 Å². The summed E-state index contributed by atoms with van der Waals surface area (Å²) < 4.78 is 7.65. The van der Waals surface area contributed by atoms with Crippen LogP contribution in [0, 0.1) is 6.92 Å². The van der Waals surface area contributed by atoms with Crippen LogP contribution < -0.4 is 15.4 Å². The molecule has 0 fully saturated rings. The van der Waals surface area contributed by atoms with E-state index in [1.165, 1.54) is 10.4 Å². The van der Waals surface area contributed by atoms with E-state index in [0.717, 1.165) is 55.6 Å². The molecular weight excluding hydrogens is 535 g/mol. The van der Waals surface area contributed by atoms with Crippen LogP contribution in [0.2, 0.25) is 0 Å². The van der Waals surface area contributed by atoms with Crippen molar-refractivity contribution in [1.29, 1.82) is 0 Å². The topological polar surface area (TPSA) is 76.4 Å². The molecule has 0 saturated carbocycles. The minimum absolute atomic E-state index is 0. The standard InChI is InChI=1S/C23H32N6OS.HI/c1-5-22-28-26-16-29(22)13-12-25-23(24-11-10-19-7-6-14-31-19)27-18(3)20-15-17(2)8-9-21(20)30-4;/h6-9,14-16,18H,5,10-13H2,1-4H3,(H2,24,25,27);1H. The fourth-order valence-corrected chi connectivity index (χ4v) is 4.09. The van der Waals surface area contributed by atoms with E-state index in [-0.39, 0.29) is 30.0 Å². The Labute approximate surface area is 211 Å². The summed E-state index contributed by atoms with van der Waals surface area (Å²) >= 11 is 1.77. The van der Waals surface area contributed by atoms with Crippen molar-refractivity contribution in [2.24, 2.45) is 4.99 Å². The summed E-state index contributed by atoms with van der Waals surface area (Å²) in [5, 5.41) is 17.3. The van der Waals surface area contributed by atoms with Gasteiger partial charge in [0.1, 0.15) is 17.9 Å². The van der Waals surface area contributed by atoms with Crippen molar-refractivity contribution in [2.45, 2.75) is 46.2 Å². The van der Waals surface area contributed by atoms with Gasteiger partial charge in [-0.05, 0) is 31.4 Å². The van der Waals surface area contributed by atoms with Crippen molar-refractivity contribution in [3.63, 3.8) is 0 Å². The second kappa shape index (κ2) is 13.4. The largest absolute Gasteiger partial charge is 0.496 e. The summed E-state index contributed by atoms with van der Waals surface area (Å²) in [6.45, 7) is 8.54. The number of aliphatic imine (C=N–C) groups is 1. The van der Waals surface area contributed by atoms with Gasteiger partial charge in [0.25, 0.3) is 0 Å². The van der Waals surface area contributed by atoms with Gasteiger partial charge < -0.3 is 19.9 Å². The van der Waals surface area contributed by atoms with E-state index in [2.05, 4.69) is 75.8 Å². The van der Waals surface area contributed by atoms with Gasteiger partial charge in [0.15, 0.2) is 5.96 Å². The second-order valence-corrected chi connectivity index (χ2v) is 8.42. The van der Waals surface area contributed by atoms with Crippen LogP contribution in [0.5, 0.6) is 5.75 Å². The van der Waals surface area contributed by atoms with Crippen LogP contribution in [-0.2, 0) is 19.4 Å². The molecule has 1 atom stereocenters. The average molecular weight is 569 g/mol. The van der Waals surface area contributed by atoms with Gasteiger partial charge in [0.2, 0.25) is 0 Å². The molecule has 0 amide bonds. The monoisotopic (exact) mass is 568 g/mol. The minimum atomic E-state index is 0. The van der Waals surface area contributed by atoms with Gasteiger partial charge in [-0.2, -0.15) is 0 Å². The van der Waals surface area contributed by atoms with Crippen molar-refractivity contribution in [2.75, 3.05) is 20.2 Å². The Kier molecular flexibility index (Phi) is 10.9. The summed E-state index contributed by atoms with van der Waals surface area (Å²) in [4.78, 5) is 6.16. The number of rotatable bonds is 10. The van der Waals surface area contributed by atoms with Crippen LogP contribution in [0.15, 0.2) is 47.0 Å². The number of guanidine groups is 1. The fraction of sp³-hybridized carbons (Fsp3) is 0.435. The van der Waals surface area contributed by atoms with E-state index in [0.29, 0.717) is 0 Å². The molecule has 0 bridgehead atoms. The highest BCUT2D eigenvalue weighted by Gasteiger charge is 2.14. The van der Waals surface area contributed by atoms with E-state index in [9.17, 15) is 0 Å². The number of aromatic nitrogens is 3. The minimum Gasteiger partial charge on any atom is -0.496 e. The number of ether oxygens (including phenoxy) is 1. The van der Waals surface area contributed by atoms with Crippen molar-refractivity contribution >= 4 is 41.3 Å². The second-order valence-electron chi connectivity index (χ2n) is 7.39. The number of nitrogens with one attached hydrogen (secondary N) is 2. The van der Waals surface area contributed by atoms with Crippen LogP contribution in [0.3, 0.4) is 0 Å². The van der Waals surface area contributed by atoms with E-state index in [1.54, 1.807) is 24.8 Å². The quantitative estimate of drug-likeness (QED) is 0.216. The Morgan fingerprint density at radius 1 is 1.31 bits per heavy atom. The smallest absolute Gasteiger partial charge is 0.191 e. The summed E-state index contributed by atoms with van der Waals surface area (Å²) in [5.41, 5.74) is 2.32. The van der Waals surface area contributed by atoms with Gasteiger partial charge in [-0.3, -0.25) is 4.99 Å². The molecule has 2 aromatic heterocycles. The van der Waals surface area contributed by atoms with E-state index in [1.807, 2.05) is 6.07 Å². The molecule has 0 spiro atoms. The summed E-state index contributed by atoms with van der Waals surface area (Å²) in [7, 11) is 1.71. The predicted molar refractivity (Wildman–Crippen MR) is 142 cm³/mol. The van der Waals surface area contributed by atoms with Gasteiger partial charge in [-0.15, -0.1) is 45.5 Å². The molecular formula is C23H33IN6OS. The molecule has 0 aliphatic carbocycles. The lowest BCUT2D eigenvalue weighted by atomic mass is 10.0. The molecule has 1 aromatic carbocycles. The Morgan fingerprint density at radius 2 is 2.16 bits per heavy atom. The first kappa shape index (κ1) is 26.1. The third-order valence-corrected chi connectivity index (χ3v) is 6.01. The molecule has 7 nitrogen and oxygen atoms in total. The SMILES string of the molecule is CCc1nncn1CCNC(=NCCc1cccs1)NC(C)c1cc(C)ccc1OC.I. The maximum Gasteiger partial charge on any atom is 0.191 e. The number of benzene rings is 1. The average Bonchev–Trinajstić information content (AvgIpc) is 3.45. The van der Waals surface area contributed by atoms with Gasteiger partial charge >= 0.3 is 0 Å². The number of hydrogen-bond donors (Lipinski definition) is 2. The maximum absolute atomic E-state index is 5.57. The summed E-state index contributed by atoms with van der Waals surface area (Å²) in [6.07, 6.45) is 3.57. The van der Waals surface area contributed by atoms with Crippen molar-refractivity contribution < 1.29 is 4.74 Å². The van der Waals surface area contributed by atoms with Crippen molar-refractivity contribution in [3.05, 3.63) is 63.9 Å². The highest BCUT2D eigenvalue weighted by atomic mass is 127. The van der Waals surface area contributed by atoms with Crippen LogP contribution in [-0.4, -0.2) is 40.9 Å². The molecule has 174 valence electrons. The molecule has 1 unspecified atom stereocenters. The molecule has 0 radical (unpaired) electrons. The van der Waals surface area contributed by atoms with E-state index >= 15 is 0 Å². The number of halogens is 1. The number of methoxy groups -OCH3 is 1. The first-order valence-corrected chi connectivity index (χ1v) is 11.6. The van der Waals surface area contributed by atoms with Gasteiger partial charge in [0, 0.05) is 42.9 Å². The molecule has 2 heterocycles. The first-order valence-electron chi connectivity index (χ1n) is 10.7. The van der Waals surface area contributed by atoms with Crippen molar-refractivity contribution in [1.82, 2.24) is 25.4 Å². The lowest BCUT2D eigenvalue weighted by molar-refractivity contribution is 0.405. The highest BCUT2D eigenvalue weighted by Crippen LogP contribution is 2.26. The molecule has 2 N–H and O–H groups in total. The molecule has 0 aliphatic rings. The molecule has 3 aromatic rings. The maximum atomic E-state index is 5.57. The molecule has 0 aliphatic heterocycles. The number of nitrogens with zero attached hydrogens (tertiary/aromatic N) is 4. The van der Waals surface area contributed by atoms with Crippen LogP contribution in [0.1, 0.15) is 41.7 Å². The lowest BCUT2D eigenvalue weighted by Gasteiger charge is -2.21.